The molecule has 0 aromatic heterocycles. The number of rotatable bonds is 8. The third kappa shape index (κ3) is 5.40. The fourth-order valence-corrected chi connectivity index (χ4v) is 4.17. The largest absolute Gasteiger partial charge is 0.381 e. The van der Waals surface area contributed by atoms with Crippen molar-refractivity contribution in [2.24, 2.45) is 0 Å². The second-order valence-corrected chi connectivity index (χ2v) is 8.04. The van der Waals surface area contributed by atoms with Crippen LogP contribution in [0.3, 0.4) is 0 Å². The van der Waals surface area contributed by atoms with Crippen molar-refractivity contribution in [2.75, 3.05) is 13.2 Å². The molecule has 3 aromatic rings. The molecule has 0 atom stereocenters. The van der Waals surface area contributed by atoms with Crippen molar-refractivity contribution in [1.29, 1.82) is 0 Å². The van der Waals surface area contributed by atoms with Crippen LogP contribution in [0.15, 0.2) is 84.9 Å². The van der Waals surface area contributed by atoms with E-state index in [2.05, 4.69) is 41.7 Å². The second kappa shape index (κ2) is 10.4. The Morgan fingerprint density at radius 1 is 0.806 bits per heavy atom. The molecule has 4 nitrogen and oxygen atoms in total. The standard InChI is InChI=1S/C27H29NO3/c29-26(27(14-16-30-17-15-27)25-12-5-2-6-13-25)28-19-23-10-7-11-24(18-23)21-31-20-22-8-3-1-4-9-22/h1-13,18H,14-17,19-21H2,(H,28,29). The Bertz CT molecular complexity index is 966. The van der Waals surface area contributed by atoms with Gasteiger partial charge in [0, 0.05) is 19.8 Å². The highest BCUT2D eigenvalue weighted by molar-refractivity contribution is 5.88. The molecule has 0 unspecified atom stereocenters. The highest BCUT2D eigenvalue weighted by atomic mass is 16.5. The van der Waals surface area contributed by atoms with E-state index in [4.69, 9.17) is 9.47 Å². The third-order valence-electron chi connectivity index (χ3n) is 5.93. The summed E-state index contributed by atoms with van der Waals surface area (Å²) in [6, 6.07) is 28.5. The average Bonchev–Trinajstić information content (AvgIpc) is 2.84. The molecule has 0 spiro atoms. The molecule has 1 amide bonds. The predicted molar refractivity (Wildman–Crippen MR) is 121 cm³/mol. The molecule has 1 saturated heterocycles. The minimum Gasteiger partial charge on any atom is -0.381 e. The van der Waals surface area contributed by atoms with Crippen molar-refractivity contribution in [3.63, 3.8) is 0 Å². The Morgan fingerprint density at radius 3 is 2.16 bits per heavy atom. The van der Waals surface area contributed by atoms with E-state index in [0.717, 1.165) is 22.3 Å². The molecule has 4 heteroatoms. The molecule has 1 heterocycles. The van der Waals surface area contributed by atoms with Gasteiger partial charge in [-0.05, 0) is 35.1 Å². The summed E-state index contributed by atoms with van der Waals surface area (Å²) in [5.41, 5.74) is 3.89. The molecule has 4 rings (SSSR count). The van der Waals surface area contributed by atoms with Crippen molar-refractivity contribution in [3.05, 3.63) is 107 Å². The van der Waals surface area contributed by atoms with Crippen LogP contribution in [0, 0.1) is 0 Å². The van der Waals surface area contributed by atoms with Crippen molar-refractivity contribution in [2.45, 2.75) is 38.0 Å². The summed E-state index contributed by atoms with van der Waals surface area (Å²) in [7, 11) is 0. The summed E-state index contributed by atoms with van der Waals surface area (Å²) >= 11 is 0. The van der Waals surface area contributed by atoms with Crippen LogP contribution in [0.2, 0.25) is 0 Å². The first-order valence-electron chi connectivity index (χ1n) is 10.9. The number of amides is 1. The summed E-state index contributed by atoms with van der Waals surface area (Å²) in [6.07, 6.45) is 1.41. The maximum absolute atomic E-state index is 13.3. The third-order valence-corrected chi connectivity index (χ3v) is 5.93. The van der Waals surface area contributed by atoms with Gasteiger partial charge in [0.05, 0.1) is 18.6 Å². The van der Waals surface area contributed by atoms with Crippen molar-refractivity contribution in [3.8, 4) is 0 Å². The van der Waals surface area contributed by atoms with Gasteiger partial charge in [-0.15, -0.1) is 0 Å². The van der Waals surface area contributed by atoms with Gasteiger partial charge in [-0.25, -0.2) is 0 Å². The van der Waals surface area contributed by atoms with Gasteiger partial charge in [-0.2, -0.15) is 0 Å². The van der Waals surface area contributed by atoms with Gasteiger partial charge in [0.2, 0.25) is 5.91 Å². The van der Waals surface area contributed by atoms with Gasteiger partial charge in [-0.1, -0.05) is 84.9 Å². The van der Waals surface area contributed by atoms with Crippen LogP contribution in [0.5, 0.6) is 0 Å². The monoisotopic (exact) mass is 415 g/mol. The molecule has 1 fully saturated rings. The van der Waals surface area contributed by atoms with E-state index in [0.29, 0.717) is 45.8 Å². The number of hydrogen-bond donors (Lipinski definition) is 1. The van der Waals surface area contributed by atoms with E-state index in [1.54, 1.807) is 0 Å². The van der Waals surface area contributed by atoms with Gasteiger partial charge >= 0.3 is 0 Å². The van der Waals surface area contributed by atoms with Crippen LogP contribution >= 0.6 is 0 Å². The molecule has 31 heavy (non-hydrogen) atoms. The van der Waals surface area contributed by atoms with Crippen LogP contribution in [0.4, 0.5) is 0 Å². The Hall–Kier alpha value is -2.95. The fourth-order valence-electron chi connectivity index (χ4n) is 4.17. The quantitative estimate of drug-likeness (QED) is 0.577. The number of nitrogens with one attached hydrogen (secondary N) is 1. The molecule has 0 bridgehead atoms. The Morgan fingerprint density at radius 2 is 1.42 bits per heavy atom. The topological polar surface area (TPSA) is 47.6 Å². The zero-order valence-corrected chi connectivity index (χ0v) is 17.8. The fraction of sp³-hybridized carbons (Fsp3) is 0.296. The molecular formula is C27H29NO3. The van der Waals surface area contributed by atoms with E-state index >= 15 is 0 Å². The zero-order chi connectivity index (χ0) is 21.4. The number of hydrogen-bond acceptors (Lipinski definition) is 3. The van der Waals surface area contributed by atoms with Crippen LogP contribution in [-0.2, 0) is 39.4 Å². The Labute approximate surface area is 184 Å². The molecule has 160 valence electrons. The summed E-state index contributed by atoms with van der Waals surface area (Å²) in [4.78, 5) is 13.3. The number of carbonyl (C=O) groups excluding carboxylic acids is 1. The number of ether oxygens (including phenoxy) is 2. The Kier molecular flexibility index (Phi) is 7.13. The smallest absolute Gasteiger partial charge is 0.231 e. The maximum Gasteiger partial charge on any atom is 0.231 e. The van der Waals surface area contributed by atoms with Crippen LogP contribution in [-0.4, -0.2) is 19.1 Å². The predicted octanol–water partition coefficient (Wildman–Crippen LogP) is 4.77. The highest BCUT2D eigenvalue weighted by Crippen LogP contribution is 2.35. The highest BCUT2D eigenvalue weighted by Gasteiger charge is 2.41. The maximum atomic E-state index is 13.3. The first-order valence-corrected chi connectivity index (χ1v) is 10.9. The summed E-state index contributed by atoms with van der Waals surface area (Å²) in [6.45, 7) is 2.85. The lowest BCUT2D eigenvalue weighted by atomic mass is 9.73. The number of carbonyl (C=O) groups is 1. The molecule has 0 aliphatic carbocycles. The molecule has 1 N–H and O–H groups in total. The molecule has 1 aliphatic rings. The molecule has 1 aliphatic heterocycles. The minimum atomic E-state index is -0.518. The van der Waals surface area contributed by atoms with Gasteiger partial charge in [0.15, 0.2) is 0 Å². The van der Waals surface area contributed by atoms with Crippen molar-refractivity contribution in [1.82, 2.24) is 5.32 Å². The van der Waals surface area contributed by atoms with E-state index in [1.807, 2.05) is 48.5 Å². The van der Waals surface area contributed by atoms with Crippen LogP contribution in [0.1, 0.15) is 35.1 Å². The van der Waals surface area contributed by atoms with E-state index < -0.39 is 5.41 Å². The molecule has 3 aromatic carbocycles. The molecular weight excluding hydrogens is 386 g/mol. The van der Waals surface area contributed by atoms with Crippen LogP contribution < -0.4 is 5.32 Å². The Balaban J connectivity index is 1.37. The first-order chi connectivity index (χ1) is 15.3. The van der Waals surface area contributed by atoms with Crippen LogP contribution in [0.25, 0.3) is 0 Å². The van der Waals surface area contributed by atoms with E-state index in [9.17, 15) is 4.79 Å². The van der Waals surface area contributed by atoms with E-state index in [1.165, 1.54) is 0 Å². The normalized spacial score (nSPS) is 15.4. The molecule has 0 saturated carbocycles. The zero-order valence-electron chi connectivity index (χ0n) is 17.8. The number of benzene rings is 3. The minimum absolute atomic E-state index is 0.0766. The van der Waals surface area contributed by atoms with Gasteiger partial charge in [0.1, 0.15) is 0 Å². The van der Waals surface area contributed by atoms with Crippen molar-refractivity contribution >= 4 is 5.91 Å². The van der Waals surface area contributed by atoms with Gasteiger partial charge in [-0.3, -0.25) is 4.79 Å². The van der Waals surface area contributed by atoms with Crippen molar-refractivity contribution < 1.29 is 14.3 Å². The van der Waals surface area contributed by atoms with Gasteiger partial charge in [0.25, 0.3) is 0 Å². The average molecular weight is 416 g/mol. The van der Waals surface area contributed by atoms with Gasteiger partial charge < -0.3 is 14.8 Å². The van der Waals surface area contributed by atoms with E-state index in [-0.39, 0.29) is 5.91 Å². The first kappa shape index (κ1) is 21.3. The lowest BCUT2D eigenvalue weighted by Gasteiger charge is -2.36. The summed E-state index contributed by atoms with van der Waals surface area (Å²) in [5.74, 6) is 0.0766. The second-order valence-electron chi connectivity index (χ2n) is 8.04. The lowest BCUT2D eigenvalue weighted by molar-refractivity contribution is -0.130. The summed E-state index contributed by atoms with van der Waals surface area (Å²) < 4.78 is 11.4. The summed E-state index contributed by atoms with van der Waals surface area (Å²) in [5, 5.41) is 3.18. The molecule has 0 radical (unpaired) electrons. The SMILES string of the molecule is O=C(NCc1cccc(COCc2ccccc2)c1)C1(c2ccccc2)CCOCC1. The lowest BCUT2D eigenvalue weighted by Crippen LogP contribution is -2.47.